The van der Waals surface area contributed by atoms with Gasteiger partial charge in [-0.2, -0.15) is 5.10 Å². The fourth-order valence-electron chi connectivity index (χ4n) is 3.17. The molecule has 1 saturated heterocycles. The lowest BCUT2D eigenvalue weighted by molar-refractivity contribution is -0.906. The van der Waals surface area contributed by atoms with E-state index in [1.54, 1.807) is 11.2 Å². The molecule has 0 bridgehead atoms. The van der Waals surface area contributed by atoms with E-state index in [-0.39, 0.29) is 0 Å². The molecule has 1 aliphatic heterocycles. The van der Waals surface area contributed by atoms with Gasteiger partial charge in [0.15, 0.2) is 5.65 Å². The SMILES string of the molecule is c1ccc(Cn2ncc3c(NCC[NH+]4CCOCC4)ncnc32)cc1. The molecule has 25 heavy (non-hydrogen) atoms. The van der Waals surface area contributed by atoms with Crippen LogP contribution in [0.1, 0.15) is 5.56 Å². The molecule has 7 nitrogen and oxygen atoms in total. The Kier molecular flexibility index (Phi) is 4.85. The molecule has 0 aliphatic carbocycles. The van der Waals surface area contributed by atoms with E-state index in [4.69, 9.17) is 4.74 Å². The number of anilines is 1. The van der Waals surface area contributed by atoms with Crippen LogP contribution < -0.4 is 10.2 Å². The molecule has 0 radical (unpaired) electrons. The van der Waals surface area contributed by atoms with Crippen molar-refractivity contribution in [3.63, 3.8) is 0 Å². The first-order valence-electron chi connectivity index (χ1n) is 8.76. The zero-order valence-electron chi connectivity index (χ0n) is 14.2. The highest BCUT2D eigenvalue weighted by molar-refractivity contribution is 5.86. The highest BCUT2D eigenvalue weighted by Crippen LogP contribution is 2.19. The number of quaternary nitrogens is 1. The maximum absolute atomic E-state index is 5.40. The minimum Gasteiger partial charge on any atom is -0.370 e. The Labute approximate surface area is 146 Å². The normalized spacial score (nSPS) is 15.5. The van der Waals surface area contributed by atoms with Gasteiger partial charge >= 0.3 is 0 Å². The van der Waals surface area contributed by atoms with E-state index in [2.05, 4.69) is 32.5 Å². The Balaban J connectivity index is 1.45. The standard InChI is InChI=1S/C18H22N6O/c1-2-4-15(5-3-1)13-24-18-16(12-22-24)17(20-14-21-18)19-6-7-23-8-10-25-11-9-23/h1-5,12,14H,6-11,13H2,(H,19,20,21)/p+1. The summed E-state index contributed by atoms with van der Waals surface area (Å²) in [6.45, 7) is 6.53. The zero-order valence-corrected chi connectivity index (χ0v) is 14.2. The molecule has 2 aromatic heterocycles. The predicted molar refractivity (Wildman–Crippen MR) is 95.7 cm³/mol. The monoisotopic (exact) mass is 339 g/mol. The van der Waals surface area contributed by atoms with Crippen LogP contribution in [0.3, 0.4) is 0 Å². The van der Waals surface area contributed by atoms with E-state index in [0.29, 0.717) is 6.54 Å². The molecule has 0 atom stereocenters. The second kappa shape index (κ2) is 7.58. The third-order valence-electron chi connectivity index (χ3n) is 4.58. The van der Waals surface area contributed by atoms with Crippen molar-refractivity contribution >= 4 is 16.9 Å². The third-order valence-corrected chi connectivity index (χ3v) is 4.58. The average molecular weight is 339 g/mol. The number of rotatable bonds is 6. The van der Waals surface area contributed by atoms with Crippen LogP contribution in [0.15, 0.2) is 42.9 Å². The second-order valence-corrected chi connectivity index (χ2v) is 6.29. The zero-order chi connectivity index (χ0) is 16.9. The summed E-state index contributed by atoms with van der Waals surface area (Å²) in [7, 11) is 0. The van der Waals surface area contributed by atoms with Crippen molar-refractivity contribution in [2.45, 2.75) is 6.54 Å². The van der Waals surface area contributed by atoms with E-state index in [1.807, 2.05) is 29.1 Å². The number of aromatic nitrogens is 4. The Morgan fingerprint density at radius 1 is 1.12 bits per heavy atom. The lowest BCUT2D eigenvalue weighted by Crippen LogP contribution is -3.14. The topological polar surface area (TPSA) is 69.3 Å². The van der Waals surface area contributed by atoms with Crippen molar-refractivity contribution < 1.29 is 9.64 Å². The molecular formula is C18H23N6O+. The van der Waals surface area contributed by atoms with E-state index >= 15 is 0 Å². The summed E-state index contributed by atoms with van der Waals surface area (Å²) in [5.41, 5.74) is 2.07. The second-order valence-electron chi connectivity index (χ2n) is 6.29. The summed E-state index contributed by atoms with van der Waals surface area (Å²) in [4.78, 5) is 10.4. The van der Waals surface area contributed by atoms with Gasteiger partial charge in [-0.25, -0.2) is 14.6 Å². The van der Waals surface area contributed by atoms with Crippen molar-refractivity contribution in [3.8, 4) is 0 Å². The Morgan fingerprint density at radius 2 is 1.96 bits per heavy atom. The van der Waals surface area contributed by atoms with E-state index in [1.165, 1.54) is 5.56 Å². The molecule has 0 spiro atoms. The number of nitrogens with one attached hydrogen (secondary N) is 2. The maximum atomic E-state index is 5.40. The van der Waals surface area contributed by atoms with Gasteiger partial charge in [-0.1, -0.05) is 30.3 Å². The maximum Gasteiger partial charge on any atom is 0.163 e. The first-order valence-corrected chi connectivity index (χ1v) is 8.76. The summed E-state index contributed by atoms with van der Waals surface area (Å²) >= 11 is 0. The van der Waals surface area contributed by atoms with Crippen molar-refractivity contribution in [2.24, 2.45) is 0 Å². The summed E-state index contributed by atoms with van der Waals surface area (Å²) in [5, 5.41) is 8.92. The highest BCUT2D eigenvalue weighted by Gasteiger charge is 2.14. The van der Waals surface area contributed by atoms with Gasteiger partial charge in [-0.05, 0) is 5.56 Å². The van der Waals surface area contributed by atoms with Crippen LogP contribution in [-0.4, -0.2) is 59.1 Å². The largest absolute Gasteiger partial charge is 0.370 e. The van der Waals surface area contributed by atoms with Crippen LogP contribution >= 0.6 is 0 Å². The molecular weight excluding hydrogens is 316 g/mol. The molecule has 7 heteroatoms. The van der Waals surface area contributed by atoms with Crippen molar-refractivity contribution in [1.29, 1.82) is 0 Å². The van der Waals surface area contributed by atoms with Gasteiger partial charge in [0.1, 0.15) is 25.2 Å². The Bertz CT molecular complexity index is 813. The molecule has 130 valence electrons. The lowest BCUT2D eigenvalue weighted by Gasteiger charge is -2.23. The molecule has 0 amide bonds. The molecule has 0 unspecified atom stereocenters. The smallest absolute Gasteiger partial charge is 0.163 e. The summed E-state index contributed by atoms with van der Waals surface area (Å²) in [5.74, 6) is 0.858. The number of nitrogens with zero attached hydrogens (tertiary/aromatic N) is 4. The molecule has 1 fully saturated rings. The van der Waals surface area contributed by atoms with Crippen LogP contribution in [0.2, 0.25) is 0 Å². The Morgan fingerprint density at radius 3 is 2.80 bits per heavy atom. The number of hydrogen-bond donors (Lipinski definition) is 2. The van der Waals surface area contributed by atoms with Gasteiger partial charge in [0, 0.05) is 0 Å². The quantitative estimate of drug-likeness (QED) is 0.672. The first kappa shape index (κ1) is 16.0. The number of hydrogen-bond acceptors (Lipinski definition) is 5. The van der Waals surface area contributed by atoms with Crippen LogP contribution in [0, 0.1) is 0 Å². The minimum absolute atomic E-state index is 0.707. The van der Waals surface area contributed by atoms with Crippen molar-refractivity contribution in [1.82, 2.24) is 19.7 Å². The van der Waals surface area contributed by atoms with Crippen LogP contribution in [-0.2, 0) is 11.3 Å². The minimum atomic E-state index is 0.707. The van der Waals surface area contributed by atoms with Gasteiger partial charge in [0.05, 0.1) is 44.4 Å². The van der Waals surface area contributed by atoms with Gasteiger partial charge in [-0.3, -0.25) is 0 Å². The summed E-state index contributed by atoms with van der Waals surface area (Å²) in [6.07, 6.45) is 3.46. The number of morpholine rings is 1. The van der Waals surface area contributed by atoms with Crippen LogP contribution in [0.25, 0.3) is 11.0 Å². The van der Waals surface area contributed by atoms with Crippen LogP contribution in [0.4, 0.5) is 5.82 Å². The molecule has 0 saturated carbocycles. The Hall–Kier alpha value is -2.51. The number of ether oxygens (including phenoxy) is 1. The van der Waals surface area contributed by atoms with Crippen molar-refractivity contribution in [2.75, 3.05) is 44.7 Å². The van der Waals surface area contributed by atoms with Crippen molar-refractivity contribution in [3.05, 3.63) is 48.4 Å². The lowest BCUT2D eigenvalue weighted by atomic mass is 10.2. The van der Waals surface area contributed by atoms with Crippen LogP contribution in [0.5, 0.6) is 0 Å². The molecule has 3 aromatic rings. The molecule has 2 N–H and O–H groups in total. The highest BCUT2D eigenvalue weighted by atomic mass is 16.5. The van der Waals surface area contributed by atoms with E-state index in [0.717, 1.165) is 56.2 Å². The number of benzene rings is 1. The van der Waals surface area contributed by atoms with Gasteiger partial charge in [0.25, 0.3) is 0 Å². The van der Waals surface area contributed by atoms with E-state index in [9.17, 15) is 0 Å². The molecule has 1 aliphatic rings. The molecule has 3 heterocycles. The molecule has 1 aromatic carbocycles. The van der Waals surface area contributed by atoms with Gasteiger partial charge in [-0.15, -0.1) is 0 Å². The first-order chi connectivity index (χ1) is 12.4. The molecule has 4 rings (SSSR count). The van der Waals surface area contributed by atoms with E-state index < -0.39 is 0 Å². The fraction of sp³-hybridized carbons (Fsp3) is 0.389. The van der Waals surface area contributed by atoms with Gasteiger partial charge in [0.2, 0.25) is 0 Å². The third kappa shape index (κ3) is 3.78. The fourth-order valence-corrected chi connectivity index (χ4v) is 3.17. The predicted octanol–water partition coefficient (Wildman–Crippen LogP) is 0.202. The summed E-state index contributed by atoms with van der Waals surface area (Å²) < 4.78 is 7.32. The average Bonchev–Trinajstić information content (AvgIpc) is 3.07. The number of fused-ring (bicyclic) bond motifs is 1. The van der Waals surface area contributed by atoms with Gasteiger partial charge < -0.3 is 15.0 Å². The summed E-state index contributed by atoms with van der Waals surface area (Å²) in [6, 6.07) is 10.3.